The Morgan fingerprint density at radius 3 is 2.91 bits per heavy atom. The van der Waals surface area contributed by atoms with Crippen LogP contribution in [0.2, 0.25) is 0 Å². The van der Waals surface area contributed by atoms with Crippen LogP contribution in [-0.4, -0.2) is 37.5 Å². The zero-order chi connectivity index (χ0) is 8.27. The lowest BCUT2D eigenvalue weighted by Gasteiger charge is -2.23. The number of hydrogen-bond acceptors (Lipinski definition) is 4. The van der Waals surface area contributed by atoms with E-state index >= 15 is 0 Å². The van der Waals surface area contributed by atoms with Gasteiger partial charge in [0, 0.05) is 0 Å². The van der Waals surface area contributed by atoms with Gasteiger partial charge in [-0.25, -0.2) is 0 Å². The molecular formula is C7H12O4. The second kappa shape index (κ2) is 3.69. The van der Waals surface area contributed by atoms with Gasteiger partial charge in [-0.2, -0.15) is 0 Å². The lowest BCUT2D eigenvalue weighted by atomic mass is 10.0. The van der Waals surface area contributed by atoms with Crippen molar-refractivity contribution < 1.29 is 19.4 Å². The summed E-state index contributed by atoms with van der Waals surface area (Å²) < 4.78 is 9.47. The fraction of sp³-hybridized carbons (Fsp3) is 0.857. The second-order valence-corrected chi connectivity index (χ2v) is 2.65. The van der Waals surface area contributed by atoms with E-state index in [1.54, 1.807) is 0 Å². The summed E-state index contributed by atoms with van der Waals surface area (Å²) in [6, 6.07) is 0. The van der Waals surface area contributed by atoms with Crippen LogP contribution in [0.1, 0.15) is 6.42 Å². The number of esters is 1. The van der Waals surface area contributed by atoms with Gasteiger partial charge in [0.2, 0.25) is 0 Å². The molecule has 64 valence electrons. The predicted molar refractivity (Wildman–Crippen MR) is 36.9 cm³/mol. The number of aliphatic hydroxyl groups is 1. The highest BCUT2D eigenvalue weighted by molar-refractivity contribution is 5.72. The van der Waals surface area contributed by atoms with Crippen LogP contribution >= 0.6 is 0 Å². The molecule has 1 fully saturated rings. The minimum Gasteiger partial charge on any atom is -0.469 e. The Hall–Kier alpha value is -0.610. The average Bonchev–Trinajstić information content (AvgIpc) is 2.03. The van der Waals surface area contributed by atoms with Gasteiger partial charge in [-0.05, 0) is 6.42 Å². The first-order chi connectivity index (χ1) is 5.24. The molecule has 4 nitrogen and oxygen atoms in total. The van der Waals surface area contributed by atoms with Crippen LogP contribution in [0.25, 0.3) is 0 Å². The Morgan fingerprint density at radius 1 is 1.64 bits per heavy atom. The zero-order valence-electron chi connectivity index (χ0n) is 6.45. The Kier molecular flexibility index (Phi) is 2.84. The maximum Gasteiger partial charge on any atom is 0.311 e. The number of hydrogen-bond donors (Lipinski definition) is 1. The van der Waals surface area contributed by atoms with Crippen molar-refractivity contribution in [2.24, 2.45) is 5.92 Å². The molecule has 0 aromatic carbocycles. The molecule has 1 heterocycles. The van der Waals surface area contributed by atoms with Crippen molar-refractivity contribution in [3.63, 3.8) is 0 Å². The summed E-state index contributed by atoms with van der Waals surface area (Å²) in [5.74, 6) is -0.590. The third-order valence-corrected chi connectivity index (χ3v) is 1.72. The maximum absolute atomic E-state index is 10.9. The first kappa shape index (κ1) is 8.49. The molecule has 2 atom stereocenters. The zero-order valence-corrected chi connectivity index (χ0v) is 6.45. The highest BCUT2D eigenvalue weighted by atomic mass is 16.5. The van der Waals surface area contributed by atoms with Crippen LogP contribution < -0.4 is 0 Å². The SMILES string of the molecule is COC(=O)C1COCC(O)C1. The number of carbonyl (C=O) groups excluding carboxylic acids is 1. The van der Waals surface area contributed by atoms with Crippen molar-refractivity contribution in [2.75, 3.05) is 20.3 Å². The average molecular weight is 160 g/mol. The standard InChI is InChI=1S/C7H12O4/c1-10-7(9)5-2-6(8)4-11-3-5/h5-6,8H,2-4H2,1H3. The first-order valence-electron chi connectivity index (χ1n) is 3.57. The molecule has 11 heavy (non-hydrogen) atoms. The Morgan fingerprint density at radius 2 is 2.36 bits per heavy atom. The highest BCUT2D eigenvalue weighted by Crippen LogP contribution is 2.14. The van der Waals surface area contributed by atoms with E-state index in [1.165, 1.54) is 7.11 Å². The fourth-order valence-electron chi connectivity index (χ4n) is 1.14. The van der Waals surface area contributed by atoms with E-state index in [4.69, 9.17) is 9.84 Å². The molecule has 0 aliphatic carbocycles. The molecule has 0 saturated carbocycles. The molecule has 0 bridgehead atoms. The number of aliphatic hydroxyl groups excluding tert-OH is 1. The summed E-state index contributed by atoms with van der Waals surface area (Å²) >= 11 is 0. The van der Waals surface area contributed by atoms with Gasteiger partial charge in [-0.1, -0.05) is 0 Å². The summed E-state index contributed by atoms with van der Waals surface area (Å²) in [6.07, 6.45) is -0.0694. The van der Waals surface area contributed by atoms with E-state index in [-0.39, 0.29) is 11.9 Å². The van der Waals surface area contributed by atoms with Gasteiger partial charge in [0.1, 0.15) is 0 Å². The van der Waals surface area contributed by atoms with E-state index in [1.807, 2.05) is 0 Å². The third-order valence-electron chi connectivity index (χ3n) is 1.72. The summed E-state index contributed by atoms with van der Waals surface area (Å²) in [6.45, 7) is 0.692. The molecule has 0 aromatic rings. The summed E-state index contributed by atoms with van der Waals surface area (Å²) in [5, 5.41) is 9.09. The molecule has 0 amide bonds. The minimum atomic E-state index is -0.521. The van der Waals surface area contributed by atoms with Gasteiger partial charge in [0.25, 0.3) is 0 Å². The molecular weight excluding hydrogens is 148 g/mol. The first-order valence-corrected chi connectivity index (χ1v) is 3.57. The van der Waals surface area contributed by atoms with E-state index in [9.17, 15) is 4.79 Å². The monoisotopic (exact) mass is 160 g/mol. The number of carbonyl (C=O) groups is 1. The van der Waals surface area contributed by atoms with Crippen LogP contribution in [-0.2, 0) is 14.3 Å². The molecule has 0 spiro atoms. The van der Waals surface area contributed by atoms with E-state index in [0.29, 0.717) is 19.6 Å². The van der Waals surface area contributed by atoms with Crippen molar-refractivity contribution in [3.05, 3.63) is 0 Å². The summed E-state index contributed by atoms with van der Waals surface area (Å²) in [7, 11) is 1.34. The number of rotatable bonds is 1. The van der Waals surface area contributed by atoms with Gasteiger partial charge >= 0.3 is 5.97 Å². The molecule has 0 aromatic heterocycles. The van der Waals surface area contributed by atoms with Crippen molar-refractivity contribution in [1.82, 2.24) is 0 Å². The van der Waals surface area contributed by atoms with E-state index in [2.05, 4.69) is 4.74 Å². The number of methoxy groups -OCH3 is 1. The van der Waals surface area contributed by atoms with Gasteiger partial charge in [-0.15, -0.1) is 0 Å². The van der Waals surface area contributed by atoms with Crippen LogP contribution in [0.3, 0.4) is 0 Å². The van der Waals surface area contributed by atoms with Crippen molar-refractivity contribution in [3.8, 4) is 0 Å². The lowest BCUT2D eigenvalue weighted by molar-refractivity contribution is -0.153. The topological polar surface area (TPSA) is 55.8 Å². The Bertz CT molecular complexity index is 145. The minimum absolute atomic E-state index is 0.288. The quantitative estimate of drug-likeness (QED) is 0.528. The molecule has 4 heteroatoms. The Balaban J connectivity index is 2.39. The third kappa shape index (κ3) is 2.17. The fourth-order valence-corrected chi connectivity index (χ4v) is 1.14. The molecule has 2 unspecified atom stereocenters. The highest BCUT2D eigenvalue weighted by Gasteiger charge is 2.27. The van der Waals surface area contributed by atoms with E-state index < -0.39 is 6.10 Å². The van der Waals surface area contributed by atoms with Crippen LogP contribution in [0.15, 0.2) is 0 Å². The molecule has 0 radical (unpaired) electrons. The predicted octanol–water partition coefficient (Wildman–Crippen LogP) is -0.443. The normalized spacial score (nSPS) is 31.5. The van der Waals surface area contributed by atoms with Gasteiger partial charge in [0.05, 0.1) is 32.3 Å². The molecule has 1 aliphatic rings. The smallest absolute Gasteiger partial charge is 0.311 e. The summed E-state index contributed by atoms with van der Waals surface area (Å²) in [5.41, 5.74) is 0. The van der Waals surface area contributed by atoms with Gasteiger partial charge < -0.3 is 14.6 Å². The van der Waals surface area contributed by atoms with Gasteiger partial charge in [0.15, 0.2) is 0 Å². The Labute approximate surface area is 65.1 Å². The van der Waals surface area contributed by atoms with Crippen molar-refractivity contribution in [1.29, 1.82) is 0 Å². The van der Waals surface area contributed by atoms with Crippen molar-refractivity contribution >= 4 is 5.97 Å². The van der Waals surface area contributed by atoms with Crippen LogP contribution in [0.5, 0.6) is 0 Å². The molecule has 1 saturated heterocycles. The largest absolute Gasteiger partial charge is 0.469 e. The molecule has 1 rings (SSSR count). The number of ether oxygens (including phenoxy) is 2. The van der Waals surface area contributed by atoms with Crippen LogP contribution in [0, 0.1) is 5.92 Å². The lowest BCUT2D eigenvalue weighted by Crippen LogP contribution is -2.34. The van der Waals surface area contributed by atoms with E-state index in [0.717, 1.165) is 0 Å². The second-order valence-electron chi connectivity index (χ2n) is 2.65. The van der Waals surface area contributed by atoms with Gasteiger partial charge in [-0.3, -0.25) is 4.79 Å². The molecule has 1 N–H and O–H groups in total. The van der Waals surface area contributed by atoms with Crippen LogP contribution in [0.4, 0.5) is 0 Å². The summed E-state index contributed by atoms with van der Waals surface area (Å²) in [4.78, 5) is 10.9. The maximum atomic E-state index is 10.9. The van der Waals surface area contributed by atoms with Crippen molar-refractivity contribution in [2.45, 2.75) is 12.5 Å². The molecule has 1 aliphatic heterocycles.